The fraction of sp³-hybridized carbons (Fsp3) is 0.263. The number of aliphatic hydroxyl groups excluding tert-OH is 1. The molecule has 1 aliphatic heterocycles. The second-order valence-electron chi connectivity index (χ2n) is 6.06. The van der Waals surface area contributed by atoms with Gasteiger partial charge in [-0.15, -0.1) is 0 Å². The molecule has 6 heteroatoms. The van der Waals surface area contributed by atoms with Gasteiger partial charge in [0, 0.05) is 17.7 Å². The van der Waals surface area contributed by atoms with Crippen LogP contribution in [0.15, 0.2) is 42.5 Å². The highest BCUT2D eigenvalue weighted by Gasteiger charge is 2.37. The molecule has 0 bridgehead atoms. The highest BCUT2D eigenvalue weighted by molar-refractivity contribution is 5.95. The van der Waals surface area contributed by atoms with E-state index >= 15 is 0 Å². The largest absolute Gasteiger partial charge is 0.391 e. The Morgan fingerprint density at radius 2 is 2.08 bits per heavy atom. The van der Waals surface area contributed by atoms with E-state index in [0.29, 0.717) is 11.1 Å². The van der Waals surface area contributed by atoms with Gasteiger partial charge in [0.25, 0.3) is 5.91 Å². The number of β-amino-alcohol motifs (C(OH)–C–C–N with tert-alkyl or cyclic N) is 1. The molecular weight excluding hydrogens is 326 g/mol. The first-order chi connectivity index (χ1) is 12.0. The van der Waals surface area contributed by atoms with Crippen LogP contribution >= 0.6 is 0 Å². The predicted octanol–water partition coefficient (Wildman–Crippen LogP) is 2.98. The number of hydrogen-bond donors (Lipinski definition) is 1. The van der Waals surface area contributed by atoms with Crippen LogP contribution in [0.4, 0.5) is 8.78 Å². The third kappa shape index (κ3) is 3.52. The maximum atomic E-state index is 14.1. The summed E-state index contributed by atoms with van der Waals surface area (Å²) >= 11 is 0. The van der Waals surface area contributed by atoms with Gasteiger partial charge in [0.05, 0.1) is 24.6 Å². The molecule has 0 radical (unpaired) electrons. The molecule has 1 aliphatic rings. The van der Waals surface area contributed by atoms with Crippen LogP contribution in [-0.2, 0) is 6.42 Å². The molecule has 0 spiro atoms. The SMILES string of the molecule is N#CCc1cccc(C(=O)N2CC(O)CC2c2cc(F)ccc2F)c1. The van der Waals surface area contributed by atoms with Crippen molar-refractivity contribution in [2.75, 3.05) is 6.54 Å². The number of benzene rings is 2. The zero-order chi connectivity index (χ0) is 18.0. The fourth-order valence-electron chi connectivity index (χ4n) is 3.17. The summed E-state index contributed by atoms with van der Waals surface area (Å²) in [7, 11) is 0. The number of halogens is 2. The Labute approximate surface area is 143 Å². The van der Waals surface area contributed by atoms with E-state index in [0.717, 1.165) is 18.2 Å². The molecule has 2 aromatic rings. The van der Waals surface area contributed by atoms with E-state index in [9.17, 15) is 18.7 Å². The average molecular weight is 342 g/mol. The van der Waals surface area contributed by atoms with Crippen molar-refractivity contribution in [3.05, 3.63) is 70.8 Å². The van der Waals surface area contributed by atoms with Crippen molar-refractivity contribution in [1.82, 2.24) is 4.90 Å². The minimum absolute atomic E-state index is 0.0436. The summed E-state index contributed by atoms with van der Waals surface area (Å²) < 4.78 is 27.7. The number of nitrogens with zero attached hydrogens (tertiary/aromatic N) is 2. The lowest BCUT2D eigenvalue weighted by Crippen LogP contribution is -2.32. The highest BCUT2D eigenvalue weighted by Crippen LogP contribution is 2.35. The van der Waals surface area contributed by atoms with Crippen molar-refractivity contribution in [2.45, 2.75) is 25.0 Å². The number of nitriles is 1. The van der Waals surface area contributed by atoms with Crippen molar-refractivity contribution in [3.63, 3.8) is 0 Å². The van der Waals surface area contributed by atoms with Crippen LogP contribution in [0.5, 0.6) is 0 Å². The molecule has 0 aromatic heterocycles. The summed E-state index contributed by atoms with van der Waals surface area (Å²) in [5, 5.41) is 18.8. The standard InChI is InChI=1S/C19H16F2N2O2/c20-14-4-5-17(21)16(9-14)18-10-15(24)11-23(18)19(25)13-3-1-2-12(8-13)6-7-22/h1-5,8-9,15,18,24H,6,10-11H2. The molecule has 128 valence electrons. The van der Waals surface area contributed by atoms with E-state index in [1.165, 1.54) is 4.90 Å². The number of aliphatic hydroxyl groups is 1. The Morgan fingerprint density at radius 3 is 2.84 bits per heavy atom. The van der Waals surface area contributed by atoms with Crippen LogP contribution in [-0.4, -0.2) is 28.6 Å². The molecule has 2 aromatic carbocycles. The Bertz CT molecular complexity index is 848. The summed E-state index contributed by atoms with van der Waals surface area (Å²) in [4.78, 5) is 14.2. The minimum Gasteiger partial charge on any atom is -0.391 e. The van der Waals surface area contributed by atoms with E-state index in [4.69, 9.17) is 5.26 Å². The van der Waals surface area contributed by atoms with E-state index in [1.54, 1.807) is 24.3 Å². The van der Waals surface area contributed by atoms with Crippen molar-refractivity contribution in [3.8, 4) is 6.07 Å². The monoisotopic (exact) mass is 342 g/mol. The second-order valence-corrected chi connectivity index (χ2v) is 6.06. The molecule has 1 N–H and O–H groups in total. The summed E-state index contributed by atoms with van der Waals surface area (Å²) in [6.45, 7) is 0.0436. The van der Waals surface area contributed by atoms with Gasteiger partial charge in [0.1, 0.15) is 11.6 Å². The van der Waals surface area contributed by atoms with E-state index < -0.39 is 23.8 Å². The lowest BCUT2D eigenvalue weighted by atomic mass is 10.0. The third-order valence-corrected chi connectivity index (χ3v) is 4.31. The first-order valence-corrected chi connectivity index (χ1v) is 7.89. The average Bonchev–Trinajstić information content (AvgIpc) is 2.98. The van der Waals surface area contributed by atoms with Gasteiger partial charge in [-0.25, -0.2) is 8.78 Å². The molecule has 25 heavy (non-hydrogen) atoms. The first kappa shape index (κ1) is 17.1. The van der Waals surface area contributed by atoms with Crippen LogP contribution in [0.2, 0.25) is 0 Å². The maximum Gasteiger partial charge on any atom is 0.254 e. The topological polar surface area (TPSA) is 64.3 Å². The van der Waals surface area contributed by atoms with Gasteiger partial charge in [0.15, 0.2) is 0 Å². The molecule has 1 fully saturated rings. The van der Waals surface area contributed by atoms with E-state index in [1.807, 2.05) is 6.07 Å². The maximum absolute atomic E-state index is 14.1. The zero-order valence-electron chi connectivity index (χ0n) is 13.3. The predicted molar refractivity (Wildman–Crippen MR) is 86.5 cm³/mol. The lowest BCUT2D eigenvalue weighted by Gasteiger charge is -2.25. The zero-order valence-corrected chi connectivity index (χ0v) is 13.3. The highest BCUT2D eigenvalue weighted by atomic mass is 19.1. The number of rotatable bonds is 3. The number of carbonyl (C=O) groups is 1. The summed E-state index contributed by atoms with van der Waals surface area (Å²) in [6.07, 6.45) is -0.491. The van der Waals surface area contributed by atoms with Gasteiger partial charge in [-0.2, -0.15) is 5.26 Å². The third-order valence-electron chi connectivity index (χ3n) is 4.31. The van der Waals surface area contributed by atoms with E-state index in [-0.39, 0.29) is 30.9 Å². The van der Waals surface area contributed by atoms with Gasteiger partial charge in [-0.3, -0.25) is 4.79 Å². The molecule has 2 atom stereocenters. The Morgan fingerprint density at radius 1 is 1.28 bits per heavy atom. The molecule has 3 rings (SSSR count). The molecule has 2 unspecified atom stereocenters. The number of amides is 1. The second kappa shape index (κ2) is 6.99. The molecule has 0 saturated carbocycles. The van der Waals surface area contributed by atoms with E-state index in [2.05, 4.69) is 0 Å². The van der Waals surface area contributed by atoms with Gasteiger partial charge in [0.2, 0.25) is 0 Å². The first-order valence-electron chi connectivity index (χ1n) is 7.89. The smallest absolute Gasteiger partial charge is 0.254 e. The number of likely N-dealkylation sites (tertiary alicyclic amines) is 1. The van der Waals surface area contributed by atoms with Crippen LogP contribution in [0.1, 0.15) is 33.9 Å². The molecule has 1 heterocycles. The summed E-state index contributed by atoms with van der Waals surface area (Å²) in [5.74, 6) is -1.59. The number of carbonyl (C=O) groups excluding carboxylic acids is 1. The Hall–Kier alpha value is -2.78. The van der Waals surface area contributed by atoms with Crippen LogP contribution in [0, 0.1) is 23.0 Å². The molecule has 4 nitrogen and oxygen atoms in total. The molecule has 0 aliphatic carbocycles. The van der Waals surface area contributed by atoms with Crippen molar-refractivity contribution >= 4 is 5.91 Å². The van der Waals surface area contributed by atoms with Gasteiger partial charge < -0.3 is 10.0 Å². The Kier molecular flexibility index (Phi) is 4.77. The van der Waals surface area contributed by atoms with Crippen molar-refractivity contribution in [2.24, 2.45) is 0 Å². The Balaban J connectivity index is 1.94. The minimum atomic E-state index is -0.807. The normalized spacial score (nSPS) is 19.7. The van der Waals surface area contributed by atoms with Crippen LogP contribution in [0.3, 0.4) is 0 Å². The quantitative estimate of drug-likeness (QED) is 0.933. The fourth-order valence-corrected chi connectivity index (χ4v) is 3.17. The summed E-state index contributed by atoms with van der Waals surface area (Å²) in [5.41, 5.74) is 1.10. The van der Waals surface area contributed by atoms with Gasteiger partial charge in [-0.05, 0) is 42.3 Å². The lowest BCUT2D eigenvalue weighted by molar-refractivity contribution is 0.0713. The summed E-state index contributed by atoms with van der Waals surface area (Å²) in [6, 6.07) is 11.0. The van der Waals surface area contributed by atoms with Crippen LogP contribution < -0.4 is 0 Å². The molecule has 1 amide bonds. The van der Waals surface area contributed by atoms with Gasteiger partial charge in [-0.1, -0.05) is 12.1 Å². The number of hydrogen-bond acceptors (Lipinski definition) is 3. The van der Waals surface area contributed by atoms with Gasteiger partial charge >= 0.3 is 0 Å². The molecule has 1 saturated heterocycles. The van der Waals surface area contributed by atoms with Crippen molar-refractivity contribution < 1.29 is 18.7 Å². The van der Waals surface area contributed by atoms with Crippen molar-refractivity contribution in [1.29, 1.82) is 5.26 Å². The van der Waals surface area contributed by atoms with Crippen LogP contribution in [0.25, 0.3) is 0 Å². The molecular formula is C19H16F2N2O2.